The molecule has 39 heavy (non-hydrogen) atoms. The largest absolute Gasteiger partial charge is 0.463 e. The Bertz CT molecular complexity index is 474. The van der Waals surface area contributed by atoms with Gasteiger partial charge in [0, 0.05) is 13.0 Å². The van der Waals surface area contributed by atoms with Crippen molar-refractivity contribution in [2.45, 2.75) is 58.3 Å². The van der Waals surface area contributed by atoms with Gasteiger partial charge in [-0.05, 0) is 6.42 Å². The molecule has 0 saturated heterocycles. The van der Waals surface area contributed by atoms with E-state index in [9.17, 15) is 4.79 Å². The van der Waals surface area contributed by atoms with Crippen LogP contribution < -0.4 is 5.73 Å². The van der Waals surface area contributed by atoms with E-state index in [2.05, 4.69) is 6.92 Å². The molecular formula is C28H57NO10. The number of ether oxygens (including phenoxy) is 9. The number of carbonyl (C=O) groups is 1. The van der Waals surface area contributed by atoms with Crippen molar-refractivity contribution in [3.05, 3.63) is 0 Å². The van der Waals surface area contributed by atoms with Crippen molar-refractivity contribution in [1.82, 2.24) is 0 Å². The first-order valence-corrected chi connectivity index (χ1v) is 14.8. The summed E-state index contributed by atoms with van der Waals surface area (Å²) in [4.78, 5) is 11.7. The highest BCUT2D eigenvalue weighted by Crippen LogP contribution is 2.08. The highest BCUT2D eigenvalue weighted by Gasteiger charge is 2.02. The van der Waals surface area contributed by atoms with Gasteiger partial charge in [0.05, 0.1) is 106 Å². The fraction of sp³-hybridized carbons (Fsp3) is 0.964. The Balaban J connectivity index is 3.09. The van der Waals surface area contributed by atoms with Gasteiger partial charge in [-0.1, -0.05) is 45.4 Å². The lowest BCUT2D eigenvalue weighted by Gasteiger charge is -2.09. The maximum Gasteiger partial charge on any atom is 0.305 e. The van der Waals surface area contributed by atoms with Crippen LogP contribution in [0.25, 0.3) is 0 Å². The van der Waals surface area contributed by atoms with Crippen LogP contribution in [0.15, 0.2) is 0 Å². The molecule has 0 aliphatic heterocycles. The number of hydrogen-bond donors (Lipinski definition) is 1. The van der Waals surface area contributed by atoms with Gasteiger partial charge in [0.1, 0.15) is 6.61 Å². The molecule has 2 N–H and O–H groups in total. The smallest absolute Gasteiger partial charge is 0.305 e. The predicted octanol–water partition coefficient (Wildman–Crippen LogP) is 2.76. The molecule has 0 radical (unpaired) electrons. The number of carbonyl (C=O) groups excluding carboxylic acids is 1. The molecule has 234 valence electrons. The molecule has 11 nitrogen and oxygen atoms in total. The van der Waals surface area contributed by atoms with E-state index < -0.39 is 0 Å². The van der Waals surface area contributed by atoms with Crippen molar-refractivity contribution in [2.75, 3.05) is 119 Å². The van der Waals surface area contributed by atoms with Crippen LogP contribution in [0, 0.1) is 0 Å². The standard InChI is InChI=1S/C28H57NO10/c1-2-3-4-5-6-7-8-9-28(30)39-27-26-38-25-24-37-23-22-36-21-20-35-19-18-34-17-16-33-15-14-32-13-12-31-11-10-29/h2-27,29H2,1H3. The van der Waals surface area contributed by atoms with Gasteiger partial charge in [-0.2, -0.15) is 0 Å². The van der Waals surface area contributed by atoms with E-state index in [4.69, 9.17) is 48.4 Å². The van der Waals surface area contributed by atoms with Crippen molar-refractivity contribution in [1.29, 1.82) is 0 Å². The summed E-state index contributed by atoms with van der Waals surface area (Å²) in [6.45, 7) is 11.1. The highest BCUT2D eigenvalue weighted by molar-refractivity contribution is 5.69. The Morgan fingerprint density at radius 1 is 0.436 bits per heavy atom. The van der Waals surface area contributed by atoms with E-state index in [-0.39, 0.29) is 5.97 Å². The maximum atomic E-state index is 11.7. The molecular weight excluding hydrogens is 510 g/mol. The van der Waals surface area contributed by atoms with Gasteiger partial charge in [0.25, 0.3) is 0 Å². The van der Waals surface area contributed by atoms with E-state index in [1.54, 1.807) is 0 Å². The van der Waals surface area contributed by atoms with Crippen molar-refractivity contribution in [2.24, 2.45) is 5.73 Å². The topological polar surface area (TPSA) is 126 Å². The van der Waals surface area contributed by atoms with E-state index in [1.807, 2.05) is 0 Å². The van der Waals surface area contributed by atoms with Gasteiger partial charge < -0.3 is 48.4 Å². The second-order valence-corrected chi connectivity index (χ2v) is 8.78. The van der Waals surface area contributed by atoms with Crippen LogP contribution in [0.1, 0.15) is 58.3 Å². The first kappa shape index (κ1) is 38.1. The van der Waals surface area contributed by atoms with E-state index >= 15 is 0 Å². The summed E-state index contributed by atoms with van der Waals surface area (Å²) in [6.07, 6.45) is 8.82. The zero-order valence-corrected chi connectivity index (χ0v) is 24.5. The first-order valence-electron chi connectivity index (χ1n) is 14.8. The Morgan fingerprint density at radius 2 is 0.744 bits per heavy atom. The molecule has 0 aromatic rings. The quantitative estimate of drug-likeness (QED) is 0.0911. The van der Waals surface area contributed by atoms with Gasteiger partial charge in [0.15, 0.2) is 0 Å². The lowest BCUT2D eigenvalue weighted by Crippen LogP contribution is -2.15. The highest BCUT2D eigenvalue weighted by atomic mass is 16.6. The van der Waals surface area contributed by atoms with Crippen LogP contribution >= 0.6 is 0 Å². The normalized spacial score (nSPS) is 11.3. The van der Waals surface area contributed by atoms with Crippen molar-refractivity contribution >= 4 is 5.97 Å². The van der Waals surface area contributed by atoms with Gasteiger partial charge in [-0.15, -0.1) is 0 Å². The third-order valence-electron chi connectivity index (χ3n) is 5.34. The molecule has 0 aromatic carbocycles. The number of rotatable bonds is 34. The van der Waals surface area contributed by atoms with Crippen LogP contribution in [0.3, 0.4) is 0 Å². The van der Waals surface area contributed by atoms with Crippen LogP contribution in [0.4, 0.5) is 0 Å². The number of nitrogens with two attached hydrogens (primary N) is 1. The Morgan fingerprint density at radius 3 is 1.10 bits per heavy atom. The summed E-state index contributed by atoms with van der Waals surface area (Å²) in [7, 11) is 0. The minimum Gasteiger partial charge on any atom is -0.463 e. The van der Waals surface area contributed by atoms with Crippen LogP contribution in [0.5, 0.6) is 0 Å². The van der Waals surface area contributed by atoms with Crippen LogP contribution in [-0.2, 0) is 47.4 Å². The number of esters is 1. The summed E-state index contributed by atoms with van der Waals surface area (Å²) in [5.41, 5.74) is 5.32. The van der Waals surface area contributed by atoms with Gasteiger partial charge in [0.2, 0.25) is 0 Å². The van der Waals surface area contributed by atoms with Crippen molar-refractivity contribution in [3.63, 3.8) is 0 Å². The van der Waals surface area contributed by atoms with E-state index in [0.29, 0.717) is 125 Å². The number of unbranched alkanes of at least 4 members (excludes halogenated alkanes) is 6. The lowest BCUT2D eigenvalue weighted by molar-refractivity contribution is -0.145. The molecule has 0 amide bonds. The predicted molar refractivity (Wildman–Crippen MR) is 149 cm³/mol. The third-order valence-corrected chi connectivity index (χ3v) is 5.34. The first-order chi connectivity index (χ1) is 19.3. The van der Waals surface area contributed by atoms with Gasteiger partial charge >= 0.3 is 5.97 Å². The molecule has 0 aromatic heterocycles. The van der Waals surface area contributed by atoms with Gasteiger partial charge in [-0.3, -0.25) is 4.79 Å². The lowest BCUT2D eigenvalue weighted by atomic mass is 10.1. The van der Waals surface area contributed by atoms with Crippen LogP contribution in [-0.4, -0.2) is 125 Å². The molecule has 0 aliphatic rings. The Hall–Kier alpha value is -0.890. The summed E-state index contributed by atoms with van der Waals surface area (Å²) in [5, 5.41) is 0. The van der Waals surface area contributed by atoms with Gasteiger partial charge in [-0.25, -0.2) is 0 Å². The molecule has 0 atom stereocenters. The zero-order chi connectivity index (χ0) is 28.3. The molecule has 11 heteroatoms. The molecule has 0 fully saturated rings. The molecule has 0 heterocycles. The summed E-state index contributed by atoms with van der Waals surface area (Å²) < 4.78 is 48.3. The second-order valence-electron chi connectivity index (χ2n) is 8.78. The molecule has 0 spiro atoms. The maximum absolute atomic E-state index is 11.7. The minimum absolute atomic E-state index is 0.138. The Labute approximate surface area is 236 Å². The molecule has 0 saturated carbocycles. The molecule has 0 unspecified atom stereocenters. The minimum atomic E-state index is -0.138. The van der Waals surface area contributed by atoms with Crippen molar-refractivity contribution < 1.29 is 47.4 Å². The zero-order valence-electron chi connectivity index (χ0n) is 24.5. The monoisotopic (exact) mass is 567 g/mol. The summed E-state index contributed by atoms with van der Waals surface area (Å²) in [5.74, 6) is -0.138. The van der Waals surface area contributed by atoms with Crippen molar-refractivity contribution in [3.8, 4) is 0 Å². The third kappa shape index (κ3) is 35.1. The fourth-order valence-electron chi connectivity index (χ4n) is 3.24. The summed E-state index contributed by atoms with van der Waals surface area (Å²) >= 11 is 0. The Kier molecular flexibility index (Phi) is 34.3. The average molecular weight is 568 g/mol. The SMILES string of the molecule is CCCCCCCCCC(=O)OCCOCCOCCOCCOCCOCCOCCOCCOCCN. The molecule has 0 bridgehead atoms. The fourth-order valence-corrected chi connectivity index (χ4v) is 3.24. The number of hydrogen-bond acceptors (Lipinski definition) is 11. The second kappa shape index (κ2) is 35.1. The molecule has 0 rings (SSSR count). The van der Waals surface area contributed by atoms with E-state index in [0.717, 1.165) is 12.8 Å². The summed E-state index contributed by atoms with van der Waals surface area (Å²) in [6, 6.07) is 0. The molecule has 0 aliphatic carbocycles. The van der Waals surface area contributed by atoms with Crippen LogP contribution in [0.2, 0.25) is 0 Å². The van der Waals surface area contributed by atoms with E-state index in [1.165, 1.54) is 32.1 Å². The average Bonchev–Trinajstić information content (AvgIpc) is 2.94.